The topological polar surface area (TPSA) is 84.5 Å². The fourth-order valence-corrected chi connectivity index (χ4v) is 3.48. The van der Waals surface area contributed by atoms with Gasteiger partial charge in [0.15, 0.2) is 0 Å². The molecule has 1 amide bonds. The van der Waals surface area contributed by atoms with Crippen LogP contribution in [0.1, 0.15) is 17.7 Å². The first-order valence-electron chi connectivity index (χ1n) is 5.77. The Bertz CT molecular complexity index is 511. The molecule has 0 bridgehead atoms. The average Bonchev–Trinajstić information content (AvgIpc) is 2.86. The van der Waals surface area contributed by atoms with Crippen molar-refractivity contribution in [1.29, 1.82) is 0 Å². The highest BCUT2D eigenvalue weighted by atomic mass is 32.2. The summed E-state index contributed by atoms with van der Waals surface area (Å²) in [5.74, 6) is -0.0662. The van der Waals surface area contributed by atoms with Crippen molar-refractivity contribution in [2.24, 2.45) is 0 Å². The predicted octanol–water partition coefficient (Wildman–Crippen LogP) is 0.699. The Kier molecular flexibility index (Phi) is 6.43. The van der Waals surface area contributed by atoms with Crippen molar-refractivity contribution in [2.75, 3.05) is 20.8 Å². The SMILES string of the molecule is CNS(=O)(=O)c1ccc(CNC(=O)CCCOC)s1. The van der Waals surface area contributed by atoms with Crippen molar-refractivity contribution < 1.29 is 17.9 Å². The zero-order valence-corrected chi connectivity index (χ0v) is 12.6. The first kappa shape index (κ1) is 16.1. The molecular weight excluding hydrogens is 288 g/mol. The minimum absolute atomic E-state index is 0.0662. The van der Waals surface area contributed by atoms with Gasteiger partial charge < -0.3 is 10.1 Å². The van der Waals surface area contributed by atoms with E-state index in [2.05, 4.69) is 10.0 Å². The molecule has 0 saturated heterocycles. The summed E-state index contributed by atoms with van der Waals surface area (Å²) in [6.45, 7) is 0.896. The molecule has 0 unspecified atom stereocenters. The van der Waals surface area contributed by atoms with Crippen LogP contribution in [0.5, 0.6) is 0 Å². The summed E-state index contributed by atoms with van der Waals surface area (Å²) in [5.41, 5.74) is 0. The molecule has 0 spiro atoms. The van der Waals surface area contributed by atoms with Crippen LogP contribution in [0.25, 0.3) is 0 Å². The largest absolute Gasteiger partial charge is 0.385 e. The summed E-state index contributed by atoms with van der Waals surface area (Å²) in [6, 6.07) is 3.23. The van der Waals surface area contributed by atoms with E-state index in [0.29, 0.717) is 26.0 Å². The zero-order valence-electron chi connectivity index (χ0n) is 10.9. The quantitative estimate of drug-likeness (QED) is 0.692. The highest BCUT2D eigenvalue weighted by molar-refractivity contribution is 7.91. The molecule has 1 heterocycles. The number of thiophene rings is 1. The minimum Gasteiger partial charge on any atom is -0.385 e. The van der Waals surface area contributed by atoms with Gasteiger partial charge in [0.25, 0.3) is 0 Å². The maximum absolute atomic E-state index is 11.5. The van der Waals surface area contributed by atoms with E-state index < -0.39 is 10.0 Å². The van der Waals surface area contributed by atoms with Gasteiger partial charge in [0.1, 0.15) is 4.21 Å². The van der Waals surface area contributed by atoms with Crippen LogP contribution in [0.4, 0.5) is 0 Å². The second kappa shape index (κ2) is 7.59. The van der Waals surface area contributed by atoms with Gasteiger partial charge in [-0.25, -0.2) is 13.1 Å². The number of methoxy groups -OCH3 is 1. The van der Waals surface area contributed by atoms with Crippen molar-refractivity contribution in [3.8, 4) is 0 Å². The Morgan fingerprint density at radius 1 is 1.42 bits per heavy atom. The van der Waals surface area contributed by atoms with Gasteiger partial charge >= 0.3 is 0 Å². The van der Waals surface area contributed by atoms with Crippen LogP contribution in [-0.4, -0.2) is 35.1 Å². The molecule has 0 aliphatic rings. The molecule has 108 valence electrons. The zero-order chi connectivity index (χ0) is 14.3. The molecule has 1 aromatic heterocycles. The summed E-state index contributed by atoms with van der Waals surface area (Å²) >= 11 is 1.14. The van der Waals surface area contributed by atoms with Gasteiger partial charge in [-0.2, -0.15) is 0 Å². The molecule has 0 atom stereocenters. The number of hydrogen-bond acceptors (Lipinski definition) is 5. The van der Waals surface area contributed by atoms with E-state index in [0.717, 1.165) is 16.2 Å². The molecule has 0 fully saturated rings. The number of carbonyl (C=O) groups is 1. The van der Waals surface area contributed by atoms with E-state index in [1.165, 1.54) is 13.1 Å². The number of amides is 1. The maximum atomic E-state index is 11.5. The van der Waals surface area contributed by atoms with Gasteiger partial charge in [0, 0.05) is 25.0 Å². The summed E-state index contributed by atoms with van der Waals surface area (Å²) in [4.78, 5) is 12.3. The molecule has 19 heavy (non-hydrogen) atoms. The molecule has 1 rings (SSSR count). The van der Waals surface area contributed by atoms with Crippen molar-refractivity contribution in [2.45, 2.75) is 23.6 Å². The van der Waals surface area contributed by atoms with E-state index in [-0.39, 0.29) is 10.1 Å². The molecule has 0 radical (unpaired) electrons. The Labute approximate surface area is 117 Å². The van der Waals surface area contributed by atoms with Crippen LogP contribution >= 0.6 is 11.3 Å². The molecule has 6 nitrogen and oxygen atoms in total. The third-order valence-electron chi connectivity index (χ3n) is 2.38. The predicted molar refractivity (Wildman–Crippen MR) is 73.5 cm³/mol. The molecular formula is C11H18N2O4S2. The van der Waals surface area contributed by atoms with Crippen LogP contribution in [-0.2, 0) is 26.1 Å². The average molecular weight is 306 g/mol. The Morgan fingerprint density at radius 2 is 2.16 bits per heavy atom. The van der Waals surface area contributed by atoms with Gasteiger partial charge in [-0.05, 0) is 25.6 Å². The Morgan fingerprint density at radius 3 is 2.79 bits per heavy atom. The molecule has 0 aliphatic carbocycles. The third kappa shape index (κ3) is 5.27. The van der Waals surface area contributed by atoms with E-state index in [1.54, 1.807) is 13.2 Å². The van der Waals surface area contributed by atoms with Gasteiger partial charge in [-0.3, -0.25) is 4.79 Å². The Balaban J connectivity index is 2.45. The lowest BCUT2D eigenvalue weighted by molar-refractivity contribution is -0.121. The van der Waals surface area contributed by atoms with Gasteiger partial charge in [-0.15, -0.1) is 11.3 Å². The molecule has 2 N–H and O–H groups in total. The number of rotatable bonds is 8. The van der Waals surface area contributed by atoms with E-state index >= 15 is 0 Å². The van der Waals surface area contributed by atoms with E-state index in [4.69, 9.17) is 4.74 Å². The third-order valence-corrected chi connectivity index (χ3v) is 5.37. The van der Waals surface area contributed by atoms with Gasteiger partial charge in [0.2, 0.25) is 15.9 Å². The summed E-state index contributed by atoms with van der Waals surface area (Å²) in [5, 5.41) is 2.74. The molecule has 0 saturated carbocycles. The number of ether oxygens (including phenoxy) is 1. The first-order chi connectivity index (χ1) is 8.99. The van der Waals surface area contributed by atoms with Gasteiger partial charge in [-0.1, -0.05) is 0 Å². The standard InChI is InChI=1S/C11H18N2O4S2/c1-12-19(15,16)11-6-5-9(18-11)8-13-10(14)4-3-7-17-2/h5-6,12H,3-4,7-8H2,1-2H3,(H,13,14). The maximum Gasteiger partial charge on any atom is 0.249 e. The Hall–Kier alpha value is -0.960. The van der Waals surface area contributed by atoms with E-state index in [1.807, 2.05) is 0 Å². The molecule has 1 aromatic rings. The minimum atomic E-state index is -3.39. The number of hydrogen-bond donors (Lipinski definition) is 2. The fourth-order valence-electron chi connectivity index (χ4n) is 1.35. The first-order valence-corrected chi connectivity index (χ1v) is 8.07. The van der Waals surface area contributed by atoms with Crippen LogP contribution in [0.2, 0.25) is 0 Å². The second-order valence-corrected chi connectivity index (χ2v) is 7.08. The summed E-state index contributed by atoms with van der Waals surface area (Å²) in [7, 11) is -0.436. The van der Waals surface area contributed by atoms with Crippen LogP contribution in [0, 0.1) is 0 Å². The molecule has 0 aliphatic heterocycles. The van der Waals surface area contributed by atoms with Crippen LogP contribution < -0.4 is 10.0 Å². The monoisotopic (exact) mass is 306 g/mol. The van der Waals surface area contributed by atoms with Crippen LogP contribution in [0.3, 0.4) is 0 Å². The van der Waals surface area contributed by atoms with Crippen LogP contribution in [0.15, 0.2) is 16.3 Å². The number of sulfonamides is 1. The lowest BCUT2D eigenvalue weighted by Gasteiger charge is -2.03. The van der Waals surface area contributed by atoms with Gasteiger partial charge in [0.05, 0.1) is 6.54 Å². The highest BCUT2D eigenvalue weighted by Crippen LogP contribution is 2.20. The van der Waals surface area contributed by atoms with Crippen molar-refractivity contribution in [3.05, 3.63) is 17.0 Å². The summed E-state index contributed by atoms with van der Waals surface area (Å²) < 4.78 is 30.4. The summed E-state index contributed by atoms with van der Waals surface area (Å²) in [6.07, 6.45) is 1.08. The van der Waals surface area contributed by atoms with Crippen molar-refractivity contribution in [3.63, 3.8) is 0 Å². The van der Waals surface area contributed by atoms with Crippen molar-refractivity contribution in [1.82, 2.24) is 10.0 Å². The fraction of sp³-hybridized carbons (Fsp3) is 0.545. The smallest absolute Gasteiger partial charge is 0.249 e. The van der Waals surface area contributed by atoms with E-state index in [9.17, 15) is 13.2 Å². The normalized spacial score (nSPS) is 11.5. The highest BCUT2D eigenvalue weighted by Gasteiger charge is 2.14. The number of carbonyl (C=O) groups excluding carboxylic acids is 1. The lowest BCUT2D eigenvalue weighted by atomic mass is 10.3. The number of nitrogens with one attached hydrogen (secondary N) is 2. The molecule has 0 aromatic carbocycles. The van der Waals surface area contributed by atoms with Crippen molar-refractivity contribution >= 4 is 27.3 Å². The lowest BCUT2D eigenvalue weighted by Crippen LogP contribution is -2.22. The molecule has 8 heteroatoms. The second-order valence-electron chi connectivity index (χ2n) is 3.80.